The first-order valence-corrected chi connectivity index (χ1v) is 6.32. The molecule has 2 rings (SSSR count). The Labute approximate surface area is 100 Å². The minimum atomic E-state index is 0.876. The van der Waals surface area contributed by atoms with Gasteiger partial charge in [0.15, 0.2) is 0 Å². The monoisotopic (exact) mass is 235 g/mol. The molecule has 0 spiro atoms. The Hall–Kier alpha value is -1.29. The van der Waals surface area contributed by atoms with E-state index in [1.807, 2.05) is 23.1 Å². The Morgan fingerprint density at radius 1 is 1.44 bits per heavy atom. The van der Waals surface area contributed by atoms with E-state index in [1.165, 1.54) is 9.75 Å². The smallest absolute Gasteiger partial charge is 0.124 e. The molecule has 0 saturated heterocycles. The highest BCUT2D eigenvalue weighted by Crippen LogP contribution is 2.17. The second kappa shape index (κ2) is 4.70. The van der Waals surface area contributed by atoms with Crippen molar-refractivity contribution in [3.05, 3.63) is 33.6 Å². The molecule has 0 bridgehead atoms. The molecule has 0 aliphatic carbocycles. The van der Waals surface area contributed by atoms with Crippen molar-refractivity contribution in [2.24, 2.45) is 7.05 Å². The summed E-state index contributed by atoms with van der Waals surface area (Å²) in [6, 6.07) is 6.44. The molecule has 0 fully saturated rings. The van der Waals surface area contributed by atoms with Crippen LogP contribution in [0.15, 0.2) is 18.2 Å². The van der Waals surface area contributed by atoms with E-state index >= 15 is 0 Å². The van der Waals surface area contributed by atoms with Crippen LogP contribution in [0.25, 0.3) is 0 Å². The summed E-state index contributed by atoms with van der Waals surface area (Å²) >= 11 is 1.83. The first-order chi connectivity index (χ1) is 7.69. The summed E-state index contributed by atoms with van der Waals surface area (Å²) in [5.41, 5.74) is 1.13. The predicted molar refractivity (Wildman–Crippen MR) is 69.0 cm³/mol. The molecule has 16 heavy (non-hydrogen) atoms. The van der Waals surface area contributed by atoms with E-state index in [1.54, 1.807) is 0 Å². The average molecular weight is 235 g/mol. The predicted octanol–water partition coefficient (Wildman–Crippen LogP) is 2.96. The topological polar surface area (TPSA) is 29.9 Å². The van der Waals surface area contributed by atoms with E-state index in [-0.39, 0.29) is 0 Å². The number of hydrogen-bond acceptors (Lipinski definition) is 3. The molecule has 0 radical (unpaired) electrons. The Bertz CT molecular complexity index is 470. The highest BCUT2D eigenvalue weighted by molar-refractivity contribution is 7.11. The van der Waals surface area contributed by atoms with Gasteiger partial charge in [0.05, 0.1) is 12.2 Å². The van der Waals surface area contributed by atoms with E-state index in [2.05, 4.69) is 42.5 Å². The molecule has 2 heterocycles. The summed E-state index contributed by atoms with van der Waals surface area (Å²) < 4.78 is 1.90. The van der Waals surface area contributed by atoms with Crippen molar-refractivity contribution in [2.75, 3.05) is 5.32 Å². The van der Waals surface area contributed by atoms with Gasteiger partial charge in [-0.3, -0.25) is 4.68 Å². The fraction of sp³-hybridized carbons (Fsp3) is 0.417. The molecule has 3 nitrogen and oxygen atoms in total. The minimum Gasteiger partial charge on any atom is -0.365 e. The molecular formula is C12H17N3S. The van der Waals surface area contributed by atoms with Crippen molar-refractivity contribution in [3.63, 3.8) is 0 Å². The summed E-state index contributed by atoms with van der Waals surface area (Å²) in [5, 5.41) is 7.81. The van der Waals surface area contributed by atoms with Crippen LogP contribution in [0, 0.1) is 6.92 Å². The molecule has 1 N–H and O–H groups in total. The molecule has 0 aliphatic rings. The summed E-state index contributed by atoms with van der Waals surface area (Å²) in [7, 11) is 1.97. The van der Waals surface area contributed by atoms with Gasteiger partial charge in [-0.05, 0) is 25.5 Å². The maximum Gasteiger partial charge on any atom is 0.124 e. The van der Waals surface area contributed by atoms with Crippen LogP contribution >= 0.6 is 11.3 Å². The van der Waals surface area contributed by atoms with Crippen molar-refractivity contribution in [3.8, 4) is 0 Å². The largest absolute Gasteiger partial charge is 0.365 e. The zero-order valence-corrected chi connectivity index (χ0v) is 10.8. The Kier molecular flexibility index (Phi) is 3.29. The number of aryl methyl sites for hydroxylation is 3. The van der Waals surface area contributed by atoms with Gasteiger partial charge in [-0.2, -0.15) is 5.10 Å². The molecule has 0 atom stereocenters. The lowest BCUT2D eigenvalue weighted by atomic mass is 10.3. The molecule has 0 aromatic carbocycles. The summed E-state index contributed by atoms with van der Waals surface area (Å²) in [5.74, 6) is 1.09. The Morgan fingerprint density at radius 3 is 2.81 bits per heavy atom. The normalized spacial score (nSPS) is 10.7. The van der Waals surface area contributed by atoms with Crippen LogP contribution < -0.4 is 5.32 Å². The van der Waals surface area contributed by atoms with Gasteiger partial charge in [-0.25, -0.2) is 0 Å². The van der Waals surface area contributed by atoms with Crippen LogP contribution in [0.2, 0.25) is 0 Å². The van der Waals surface area contributed by atoms with Gasteiger partial charge >= 0.3 is 0 Å². The molecule has 0 aliphatic heterocycles. The Balaban J connectivity index is 2.01. The fourth-order valence-electron chi connectivity index (χ4n) is 1.62. The van der Waals surface area contributed by atoms with E-state index in [0.717, 1.165) is 24.5 Å². The zero-order chi connectivity index (χ0) is 11.5. The van der Waals surface area contributed by atoms with E-state index in [9.17, 15) is 0 Å². The second-order valence-electron chi connectivity index (χ2n) is 3.86. The number of rotatable bonds is 4. The zero-order valence-electron chi connectivity index (χ0n) is 9.95. The maximum absolute atomic E-state index is 4.40. The number of thiophene rings is 1. The Morgan fingerprint density at radius 2 is 2.25 bits per heavy atom. The SMILES string of the molecule is CCc1cc(NCc2ccc(C)s2)n(C)n1. The second-order valence-corrected chi connectivity index (χ2v) is 5.24. The molecule has 0 saturated carbocycles. The maximum atomic E-state index is 4.40. The third-order valence-electron chi connectivity index (χ3n) is 2.53. The molecule has 2 aromatic heterocycles. The van der Waals surface area contributed by atoms with E-state index in [0.29, 0.717) is 0 Å². The van der Waals surface area contributed by atoms with Crippen molar-refractivity contribution in [1.29, 1.82) is 0 Å². The van der Waals surface area contributed by atoms with Gasteiger partial charge in [0.25, 0.3) is 0 Å². The molecule has 4 heteroatoms. The van der Waals surface area contributed by atoms with Crippen molar-refractivity contribution < 1.29 is 0 Å². The number of hydrogen-bond donors (Lipinski definition) is 1. The van der Waals surface area contributed by atoms with Crippen molar-refractivity contribution in [2.45, 2.75) is 26.8 Å². The van der Waals surface area contributed by atoms with Crippen molar-refractivity contribution in [1.82, 2.24) is 9.78 Å². The molecule has 0 amide bonds. The summed E-state index contributed by atoms with van der Waals surface area (Å²) in [4.78, 5) is 2.72. The third-order valence-corrected chi connectivity index (χ3v) is 3.53. The van der Waals surface area contributed by atoms with Crippen LogP contribution in [0.1, 0.15) is 22.4 Å². The van der Waals surface area contributed by atoms with E-state index < -0.39 is 0 Å². The van der Waals surface area contributed by atoms with Gasteiger partial charge < -0.3 is 5.32 Å². The minimum absolute atomic E-state index is 0.876. The summed E-state index contributed by atoms with van der Waals surface area (Å²) in [6.07, 6.45) is 0.980. The van der Waals surface area contributed by atoms with Crippen LogP contribution in [0.5, 0.6) is 0 Å². The van der Waals surface area contributed by atoms with Gasteiger partial charge in [-0.15, -0.1) is 11.3 Å². The highest BCUT2D eigenvalue weighted by atomic mass is 32.1. The van der Waals surface area contributed by atoms with Gasteiger partial charge in [0, 0.05) is 22.9 Å². The first-order valence-electron chi connectivity index (χ1n) is 5.51. The van der Waals surface area contributed by atoms with Crippen LogP contribution in [-0.4, -0.2) is 9.78 Å². The number of nitrogens with zero attached hydrogens (tertiary/aromatic N) is 2. The quantitative estimate of drug-likeness (QED) is 0.883. The van der Waals surface area contributed by atoms with E-state index in [4.69, 9.17) is 0 Å². The molecule has 86 valence electrons. The number of nitrogens with one attached hydrogen (secondary N) is 1. The van der Waals surface area contributed by atoms with Gasteiger partial charge in [0.2, 0.25) is 0 Å². The first kappa shape index (κ1) is 11.2. The fourth-order valence-corrected chi connectivity index (χ4v) is 2.45. The van der Waals surface area contributed by atoms with Crippen molar-refractivity contribution >= 4 is 17.2 Å². The lowest BCUT2D eigenvalue weighted by Gasteiger charge is -2.03. The third kappa shape index (κ3) is 2.44. The molecular weight excluding hydrogens is 218 g/mol. The molecule has 2 aromatic rings. The number of aromatic nitrogens is 2. The van der Waals surface area contributed by atoms with Gasteiger partial charge in [0.1, 0.15) is 5.82 Å². The van der Waals surface area contributed by atoms with Crippen LogP contribution in [-0.2, 0) is 20.0 Å². The lowest BCUT2D eigenvalue weighted by molar-refractivity contribution is 0.748. The van der Waals surface area contributed by atoms with Crippen LogP contribution in [0.4, 0.5) is 5.82 Å². The molecule has 0 unspecified atom stereocenters. The standard InChI is InChI=1S/C12H17N3S/c1-4-10-7-12(15(3)14-10)13-8-11-6-5-9(2)16-11/h5-7,13H,4,8H2,1-3H3. The van der Waals surface area contributed by atoms with Gasteiger partial charge in [-0.1, -0.05) is 6.92 Å². The average Bonchev–Trinajstić information content (AvgIpc) is 2.82. The summed E-state index contributed by atoms with van der Waals surface area (Å²) in [6.45, 7) is 5.13. The highest BCUT2D eigenvalue weighted by Gasteiger charge is 2.03. The van der Waals surface area contributed by atoms with Crippen LogP contribution in [0.3, 0.4) is 0 Å². The lowest BCUT2D eigenvalue weighted by Crippen LogP contribution is -2.03. The number of anilines is 1.